The number of amides is 3. The van der Waals surface area contributed by atoms with Gasteiger partial charge in [0.2, 0.25) is 0 Å². The van der Waals surface area contributed by atoms with Gasteiger partial charge < -0.3 is 9.73 Å². The van der Waals surface area contributed by atoms with Gasteiger partial charge in [0.25, 0.3) is 5.91 Å². The third kappa shape index (κ3) is 2.52. The fourth-order valence-corrected chi connectivity index (χ4v) is 4.28. The van der Waals surface area contributed by atoms with Crippen molar-refractivity contribution in [2.75, 3.05) is 0 Å². The first-order valence-corrected chi connectivity index (χ1v) is 9.08. The molecule has 26 heavy (non-hydrogen) atoms. The monoisotopic (exact) mass is 354 g/mol. The molecular formula is C20H22N2O4. The summed E-state index contributed by atoms with van der Waals surface area (Å²) < 4.78 is 5.27. The lowest BCUT2D eigenvalue weighted by Gasteiger charge is -2.36. The van der Waals surface area contributed by atoms with Crippen molar-refractivity contribution in [3.63, 3.8) is 0 Å². The molecule has 0 bridgehead atoms. The average molecular weight is 354 g/mol. The molecule has 2 aromatic rings. The quantitative estimate of drug-likeness (QED) is 0.664. The Labute approximate surface area is 151 Å². The molecule has 2 fully saturated rings. The zero-order valence-electron chi connectivity index (χ0n) is 15.0. The van der Waals surface area contributed by atoms with Gasteiger partial charge in [-0.1, -0.05) is 31.9 Å². The number of hydrogen-bond acceptors (Lipinski definition) is 4. The van der Waals surface area contributed by atoms with Crippen LogP contribution in [-0.2, 0) is 11.3 Å². The normalized spacial score (nSPS) is 25.9. The van der Waals surface area contributed by atoms with E-state index in [2.05, 4.69) is 5.32 Å². The molecule has 1 aromatic carbocycles. The zero-order valence-corrected chi connectivity index (χ0v) is 15.0. The van der Waals surface area contributed by atoms with Crippen LogP contribution >= 0.6 is 0 Å². The molecule has 0 radical (unpaired) electrons. The van der Waals surface area contributed by atoms with Gasteiger partial charge >= 0.3 is 11.7 Å². The number of nitrogens with zero attached hydrogens (tertiary/aromatic N) is 1. The van der Waals surface area contributed by atoms with Crippen LogP contribution in [0.2, 0.25) is 0 Å². The molecule has 1 spiro atoms. The van der Waals surface area contributed by atoms with Crippen molar-refractivity contribution in [1.82, 2.24) is 10.2 Å². The second-order valence-electron chi connectivity index (χ2n) is 7.53. The van der Waals surface area contributed by atoms with Crippen LogP contribution in [-0.4, -0.2) is 22.4 Å². The predicted octanol–water partition coefficient (Wildman–Crippen LogP) is 3.10. The lowest BCUT2D eigenvalue weighted by Crippen LogP contribution is -2.53. The van der Waals surface area contributed by atoms with Gasteiger partial charge in [-0.3, -0.25) is 9.69 Å². The first-order chi connectivity index (χ1) is 12.4. The largest absolute Gasteiger partial charge is 0.423 e. The Morgan fingerprint density at radius 2 is 2.04 bits per heavy atom. The summed E-state index contributed by atoms with van der Waals surface area (Å²) in [5.74, 6) is -0.0684. The molecular weight excluding hydrogens is 332 g/mol. The number of carbonyl (C=O) groups excluding carboxylic acids is 2. The van der Waals surface area contributed by atoms with Crippen LogP contribution in [0.4, 0.5) is 4.79 Å². The molecule has 1 saturated carbocycles. The zero-order chi connectivity index (χ0) is 18.5. The lowest BCUT2D eigenvalue weighted by atomic mass is 9.73. The highest BCUT2D eigenvalue weighted by atomic mass is 16.4. The summed E-state index contributed by atoms with van der Waals surface area (Å²) in [6.07, 6.45) is 3.61. The molecule has 2 atom stereocenters. The molecule has 2 heterocycles. The molecule has 1 aliphatic heterocycles. The van der Waals surface area contributed by atoms with Crippen molar-refractivity contribution >= 4 is 22.9 Å². The summed E-state index contributed by atoms with van der Waals surface area (Å²) in [6, 6.07) is 6.56. The number of aryl methyl sites for hydroxylation is 1. The maximum atomic E-state index is 13.1. The molecule has 4 rings (SSSR count). The third-order valence-corrected chi connectivity index (χ3v) is 5.82. The first-order valence-electron chi connectivity index (χ1n) is 9.08. The Balaban J connectivity index is 1.72. The van der Waals surface area contributed by atoms with Gasteiger partial charge in [-0.2, -0.15) is 0 Å². The standard InChI is InChI=1S/C20H22N2O4/c1-12-6-7-15-14(10-17(23)26-16(15)9-12)11-22-18(24)20(21-19(22)25)8-4-3-5-13(20)2/h6-7,9-10,13H,3-5,8,11H2,1-2H3,(H,21,25)/t13-,20+/m0/s1. The van der Waals surface area contributed by atoms with E-state index < -0.39 is 11.2 Å². The lowest BCUT2D eigenvalue weighted by molar-refractivity contribution is -0.134. The second kappa shape index (κ2) is 5.97. The minimum atomic E-state index is -0.791. The van der Waals surface area contributed by atoms with Gasteiger partial charge in [-0.15, -0.1) is 0 Å². The fourth-order valence-electron chi connectivity index (χ4n) is 4.28. The van der Waals surface area contributed by atoms with Crippen molar-refractivity contribution in [3.05, 3.63) is 45.8 Å². The van der Waals surface area contributed by atoms with Crippen LogP contribution in [0.1, 0.15) is 43.7 Å². The van der Waals surface area contributed by atoms with E-state index in [1.165, 1.54) is 11.0 Å². The molecule has 0 unspecified atom stereocenters. The topological polar surface area (TPSA) is 79.6 Å². The SMILES string of the molecule is Cc1ccc2c(CN3C(=O)N[C@@]4(CCCC[C@@H]4C)C3=O)cc(=O)oc2c1. The Morgan fingerprint density at radius 1 is 1.23 bits per heavy atom. The molecule has 1 N–H and O–H groups in total. The number of rotatable bonds is 2. The number of imide groups is 1. The summed E-state index contributed by atoms with van der Waals surface area (Å²) in [5, 5.41) is 3.69. The van der Waals surface area contributed by atoms with Crippen LogP contribution in [0.25, 0.3) is 11.0 Å². The highest BCUT2D eigenvalue weighted by Crippen LogP contribution is 2.38. The molecule has 136 valence electrons. The first kappa shape index (κ1) is 16.8. The number of nitrogens with one attached hydrogen (secondary N) is 1. The van der Waals surface area contributed by atoms with E-state index >= 15 is 0 Å². The molecule has 6 heteroatoms. The van der Waals surface area contributed by atoms with Gasteiger partial charge in [-0.05, 0) is 42.9 Å². The Morgan fingerprint density at radius 3 is 2.81 bits per heavy atom. The third-order valence-electron chi connectivity index (χ3n) is 5.82. The highest BCUT2D eigenvalue weighted by Gasteiger charge is 2.54. The number of carbonyl (C=O) groups is 2. The van der Waals surface area contributed by atoms with Crippen molar-refractivity contribution < 1.29 is 14.0 Å². The number of hydrogen-bond donors (Lipinski definition) is 1. The average Bonchev–Trinajstić information content (AvgIpc) is 2.82. The van der Waals surface area contributed by atoms with E-state index in [9.17, 15) is 14.4 Å². The van der Waals surface area contributed by atoms with E-state index in [4.69, 9.17) is 4.42 Å². The van der Waals surface area contributed by atoms with Gasteiger partial charge in [0.15, 0.2) is 0 Å². The Bertz CT molecular complexity index is 964. The highest BCUT2D eigenvalue weighted by molar-refractivity contribution is 6.07. The maximum absolute atomic E-state index is 13.1. The van der Waals surface area contributed by atoms with Gasteiger partial charge in [0, 0.05) is 11.5 Å². The summed E-state index contributed by atoms with van der Waals surface area (Å²) >= 11 is 0. The van der Waals surface area contributed by atoms with E-state index in [0.717, 1.165) is 30.2 Å². The van der Waals surface area contributed by atoms with Crippen LogP contribution in [0, 0.1) is 12.8 Å². The fraction of sp³-hybridized carbons (Fsp3) is 0.450. The Kier molecular flexibility index (Phi) is 3.86. The smallest absolute Gasteiger partial charge is 0.336 e. The van der Waals surface area contributed by atoms with Crippen molar-refractivity contribution in [1.29, 1.82) is 0 Å². The summed E-state index contributed by atoms with van der Waals surface area (Å²) in [7, 11) is 0. The van der Waals surface area contributed by atoms with Crippen molar-refractivity contribution in [2.24, 2.45) is 5.92 Å². The minimum Gasteiger partial charge on any atom is -0.423 e. The van der Waals surface area contributed by atoms with Gasteiger partial charge in [0.1, 0.15) is 11.1 Å². The molecule has 3 amide bonds. The van der Waals surface area contributed by atoms with E-state index in [1.54, 1.807) is 6.07 Å². The minimum absolute atomic E-state index is 0.0737. The summed E-state index contributed by atoms with van der Waals surface area (Å²) in [6.45, 7) is 4.01. The molecule has 1 aromatic heterocycles. The molecule has 1 aliphatic carbocycles. The van der Waals surface area contributed by atoms with E-state index in [0.29, 0.717) is 17.6 Å². The summed E-state index contributed by atoms with van der Waals surface area (Å²) in [5.41, 5.74) is 0.801. The van der Waals surface area contributed by atoms with Crippen LogP contribution < -0.4 is 10.9 Å². The van der Waals surface area contributed by atoms with E-state index in [-0.39, 0.29) is 24.4 Å². The molecule has 6 nitrogen and oxygen atoms in total. The van der Waals surface area contributed by atoms with Gasteiger partial charge in [0.05, 0.1) is 6.54 Å². The van der Waals surface area contributed by atoms with Gasteiger partial charge in [-0.25, -0.2) is 9.59 Å². The van der Waals surface area contributed by atoms with Crippen molar-refractivity contribution in [2.45, 2.75) is 51.6 Å². The molecule has 1 saturated heterocycles. The number of urea groups is 1. The van der Waals surface area contributed by atoms with E-state index in [1.807, 2.05) is 26.0 Å². The Hall–Kier alpha value is -2.63. The molecule has 2 aliphatic rings. The predicted molar refractivity (Wildman–Crippen MR) is 96.7 cm³/mol. The summed E-state index contributed by atoms with van der Waals surface area (Å²) in [4.78, 5) is 38.9. The van der Waals surface area contributed by atoms with Crippen LogP contribution in [0.5, 0.6) is 0 Å². The maximum Gasteiger partial charge on any atom is 0.336 e. The second-order valence-corrected chi connectivity index (χ2v) is 7.53. The number of fused-ring (bicyclic) bond motifs is 1. The van der Waals surface area contributed by atoms with Crippen molar-refractivity contribution in [3.8, 4) is 0 Å². The number of benzene rings is 1. The van der Waals surface area contributed by atoms with Crippen LogP contribution in [0.3, 0.4) is 0 Å². The van der Waals surface area contributed by atoms with Crippen LogP contribution in [0.15, 0.2) is 33.5 Å².